The second kappa shape index (κ2) is 11.2. The molecule has 0 spiro atoms. The third-order valence-corrected chi connectivity index (χ3v) is 10.3. The molecule has 0 bridgehead atoms. The number of aromatic nitrogens is 2. The standard InChI is InChI=1S/C31H30F5N5O2S/c1-19-25-16-37-41(24-11-9-23(32)10-12-24)27(25)15-21-7-8-22(29(19)21)17-40(14-13-20-5-3-4-6-26(20)33)44(42,43)28-18-39(2)38-30(28)31(34,35)36/h3-6,9-12,15-16,18-19,22,37H,7-8,13-14,17H2,1-2H3/t19-,22+/m0/s1. The molecule has 6 rings (SSSR count). The molecule has 0 fully saturated rings. The highest BCUT2D eigenvalue weighted by atomic mass is 32.2. The first-order valence-electron chi connectivity index (χ1n) is 14.2. The molecule has 2 aromatic carbocycles. The van der Waals surface area contributed by atoms with E-state index in [0.717, 1.165) is 43.3 Å². The van der Waals surface area contributed by atoms with Gasteiger partial charge in [0.15, 0.2) is 5.69 Å². The monoisotopic (exact) mass is 631 g/mol. The summed E-state index contributed by atoms with van der Waals surface area (Å²) in [6.07, 6.45) is 1.00. The summed E-state index contributed by atoms with van der Waals surface area (Å²) in [5.74, 6) is -1.26. The maximum Gasteiger partial charge on any atom is 0.436 e. The van der Waals surface area contributed by atoms with Crippen LogP contribution in [0.25, 0.3) is 0 Å². The Morgan fingerprint density at radius 1 is 1.09 bits per heavy atom. The van der Waals surface area contributed by atoms with Crippen LogP contribution < -0.4 is 10.4 Å². The van der Waals surface area contributed by atoms with Gasteiger partial charge in [0.2, 0.25) is 10.0 Å². The number of hydrogen-bond acceptors (Lipinski definition) is 5. The minimum absolute atomic E-state index is 0.0204. The summed E-state index contributed by atoms with van der Waals surface area (Å²) in [6, 6.07) is 12.0. The summed E-state index contributed by atoms with van der Waals surface area (Å²) < 4.78 is 99.4. The highest BCUT2D eigenvalue weighted by Gasteiger charge is 2.44. The van der Waals surface area contributed by atoms with Crippen molar-refractivity contribution in [3.05, 3.63) is 112 Å². The van der Waals surface area contributed by atoms with Gasteiger partial charge in [-0.25, -0.2) is 17.2 Å². The Bertz CT molecular complexity index is 1790. The van der Waals surface area contributed by atoms with Gasteiger partial charge in [0.25, 0.3) is 0 Å². The van der Waals surface area contributed by atoms with E-state index in [4.69, 9.17) is 0 Å². The number of anilines is 1. The van der Waals surface area contributed by atoms with Crippen LogP contribution in [0.2, 0.25) is 0 Å². The second-order valence-corrected chi connectivity index (χ2v) is 13.1. The number of halogens is 5. The van der Waals surface area contributed by atoms with Crippen LogP contribution in [0.1, 0.15) is 31.0 Å². The molecule has 13 heteroatoms. The number of alkyl halides is 3. The van der Waals surface area contributed by atoms with Crippen LogP contribution in [0.5, 0.6) is 0 Å². The highest BCUT2D eigenvalue weighted by molar-refractivity contribution is 7.89. The topological polar surface area (TPSA) is 70.5 Å². The predicted molar refractivity (Wildman–Crippen MR) is 154 cm³/mol. The molecule has 232 valence electrons. The Kier molecular flexibility index (Phi) is 7.65. The lowest BCUT2D eigenvalue weighted by molar-refractivity contribution is -0.143. The largest absolute Gasteiger partial charge is 0.436 e. The summed E-state index contributed by atoms with van der Waals surface area (Å²) >= 11 is 0. The third kappa shape index (κ3) is 5.43. The van der Waals surface area contributed by atoms with E-state index in [1.165, 1.54) is 37.4 Å². The van der Waals surface area contributed by atoms with Gasteiger partial charge in [-0.2, -0.15) is 22.6 Å². The number of benzene rings is 2. The van der Waals surface area contributed by atoms with Gasteiger partial charge in [-0.3, -0.25) is 9.69 Å². The molecule has 2 atom stereocenters. The molecule has 2 heterocycles. The normalized spacial score (nSPS) is 20.0. The molecule has 0 unspecified atom stereocenters. The molecule has 0 amide bonds. The molecule has 1 N–H and O–H groups in total. The fourth-order valence-electron chi connectivity index (χ4n) is 6.40. The van der Waals surface area contributed by atoms with Gasteiger partial charge in [-0.05, 0) is 72.7 Å². The first kappa shape index (κ1) is 30.1. The number of rotatable bonds is 8. The Morgan fingerprint density at radius 3 is 2.52 bits per heavy atom. The van der Waals surface area contributed by atoms with Crippen LogP contribution >= 0.6 is 0 Å². The molecule has 1 aliphatic heterocycles. The molecule has 0 saturated carbocycles. The van der Waals surface area contributed by atoms with E-state index in [9.17, 15) is 30.4 Å². The fourth-order valence-corrected chi connectivity index (χ4v) is 8.07. The van der Waals surface area contributed by atoms with Crippen molar-refractivity contribution in [1.29, 1.82) is 0 Å². The summed E-state index contributed by atoms with van der Waals surface area (Å²) in [6.45, 7) is 1.73. The van der Waals surface area contributed by atoms with Crippen molar-refractivity contribution in [2.24, 2.45) is 18.9 Å². The summed E-state index contributed by atoms with van der Waals surface area (Å²) in [7, 11) is -3.45. The molecule has 1 aromatic heterocycles. The van der Waals surface area contributed by atoms with Crippen molar-refractivity contribution in [2.45, 2.75) is 37.3 Å². The number of sulfonamides is 1. The summed E-state index contributed by atoms with van der Waals surface area (Å²) in [5, 5.41) is 5.27. The van der Waals surface area contributed by atoms with Crippen LogP contribution in [0.15, 0.2) is 94.3 Å². The van der Waals surface area contributed by atoms with Crippen molar-refractivity contribution in [3.8, 4) is 0 Å². The predicted octanol–water partition coefficient (Wildman–Crippen LogP) is 6.10. The number of nitrogens with one attached hydrogen (secondary N) is 1. The minimum atomic E-state index is -4.98. The molecular weight excluding hydrogens is 601 g/mol. The Hall–Kier alpha value is -3.97. The molecule has 3 aliphatic rings. The molecular formula is C31H30F5N5O2S. The zero-order chi connectivity index (χ0) is 31.4. The molecule has 2 aliphatic carbocycles. The molecule has 0 radical (unpaired) electrons. The summed E-state index contributed by atoms with van der Waals surface area (Å²) in [5.41, 5.74) is 6.68. The first-order chi connectivity index (χ1) is 20.8. The Morgan fingerprint density at radius 2 is 1.82 bits per heavy atom. The zero-order valence-corrected chi connectivity index (χ0v) is 24.8. The van der Waals surface area contributed by atoms with E-state index in [1.807, 2.05) is 24.2 Å². The van der Waals surface area contributed by atoms with Crippen LogP contribution in [0.4, 0.5) is 27.6 Å². The molecule has 7 nitrogen and oxygen atoms in total. The SMILES string of the molecule is C[C@H]1C2=CNN(c3ccc(F)cc3)C2=CC2=C1[C@@H](CN(CCc1ccccc1F)S(=O)(=O)c1cn(C)nc1C(F)(F)F)CC2. The molecule has 3 aromatic rings. The zero-order valence-electron chi connectivity index (χ0n) is 23.9. The van der Waals surface area contributed by atoms with Gasteiger partial charge in [-0.1, -0.05) is 30.7 Å². The maximum absolute atomic E-state index is 14.5. The van der Waals surface area contributed by atoms with Crippen molar-refractivity contribution < 1.29 is 30.4 Å². The lowest BCUT2D eigenvalue weighted by atomic mass is 9.80. The van der Waals surface area contributed by atoms with Gasteiger partial charge in [0, 0.05) is 44.0 Å². The quantitative estimate of drug-likeness (QED) is 0.305. The number of hydrogen-bond donors (Lipinski definition) is 1. The van der Waals surface area contributed by atoms with Gasteiger partial charge in [0.1, 0.15) is 16.5 Å². The lowest BCUT2D eigenvalue weighted by Crippen LogP contribution is -2.38. The summed E-state index contributed by atoms with van der Waals surface area (Å²) in [4.78, 5) is -0.926. The van der Waals surface area contributed by atoms with E-state index >= 15 is 0 Å². The number of nitrogens with zero attached hydrogens (tertiary/aromatic N) is 4. The van der Waals surface area contributed by atoms with Crippen molar-refractivity contribution in [2.75, 3.05) is 18.1 Å². The van der Waals surface area contributed by atoms with E-state index in [0.29, 0.717) is 12.8 Å². The number of aryl methyl sites for hydroxylation is 1. The third-order valence-electron chi connectivity index (χ3n) is 8.48. The Balaban J connectivity index is 1.34. The van der Waals surface area contributed by atoms with Crippen LogP contribution in [0, 0.1) is 23.5 Å². The lowest BCUT2D eigenvalue weighted by Gasteiger charge is -2.32. The van der Waals surface area contributed by atoms with Crippen molar-refractivity contribution >= 4 is 15.7 Å². The van der Waals surface area contributed by atoms with Crippen molar-refractivity contribution in [3.63, 3.8) is 0 Å². The first-order valence-corrected chi connectivity index (χ1v) is 15.6. The van der Waals surface area contributed by atoms with E-state index in [2.05, 4.69) is 10.5 Å². The maximum atomic E-state index is 14.5. The van der Waals surface area contributed by atoms with Crippen LogP contribution in [-0.2, 0) is 29.7 Å². The smallest absolute Gasteiger partial charge is 0.301 e. The van der Waals surface area contributed by atoms with E-state index in [1.54, 1.807) is 18.2 Å². The second-order valence-electron chi connectivity index (χ2n) is 11.2. The van der Waals surface area contributed by atoms with Crippen LogP contribution in [-0.4, -0.2) is 35.6 Å². The van der Waals surface area contributed by atoms with Gasteiger partial charge in [-0.15, -0.1) is 0 Å². The molecule has 0 saturated heterocycles. The fraction of sp³-hybridized carbons (Fsp3) is 0.323. The van der Waals surface area contributed by atoms with E-state index < -0.39 is 32.6 Å². The molecule has 44 heavy (non-hydrogen) atoms. The van der Waals surface area contributed by atoms with Crippen LogP contribution in [0.3, 0.4) is 0 Å². The van der Waals surface area contributed by atoms with Gasteiger partial charge in [0.05, 0.1) is 11.4 Å². The Labute approximate surface area is 252 Å². The minimum Gasteiger partial charge on any atom is -0.301 e. The average Bonchev–Trinajstić information content (AvgIpc) is 3.69. The number of fused-ring (bicyclic) bond motifs is 1. The number of hydrazine groups is 1. The average molecular weight is 632 g/mol. The van der Waals surface area contributed by atoms with Gasteiger partial charge >= 0.3 is 6.18 Å². The van der Waals surface area contributed by atoms with Crippen molar-refractivity contribution in [1.82, 2.24) is 19.5 Å². The van der Waals surface area contributed by atoms with E-state index in [-0.39, 0.29) is 42.7 Å². The van der Waals surface area contributed by atoms with Gasteiger partial charge < -0.3 is 5.43 Å². The number of allylic oxidation sites excluding steroid dienone is 3. The highest BCUT2D eigenvalue weighted by Crippen LogP contribution is 2.48.